The Hall–Kier alpha value is -1.39. The largest absolute Gasteiger partial charge is 0.744 e. The van der Waals surface area contributed by atoms with Crippen LogP contribution in [-0.2, 0) is 10.1 Å². The molecule has 0 bridgehead atoms. The molecule has 0 saturated heterocycles. The maximum Gasteiger partial charge on any atom is 0.125 e. The molecule has 0 heterocycles. The van der Waals surface area contributed by atoms with E-state index in [1.165, 1.54) is 5.56 Å². The van der Waals surface area contributed by atoms with Crippen molar-refractivity contribution in [2.24, 2.45) is 0 Å². The molecule has 23 heavy (non-hydrogen) atoms. The summed E-state index contributed by atoms with van der Waals surface area (Å²) in [6.45, 7) is 12.0. The molecule has 0 spiro atoms. The highest BCUT2D eigenvalue weighted by molar-refractivity contribution is 7.85. The van der Waals surface area contributed by atoms with Gasteiger partial charge in [0.25, 0.3) is 0 Å². The lowest BCUT2D eigenvalue weighted by molar-refractivity contribution is 0.460. The average molecular weight is 333 g/mol. The molecular formula is C19H25O3S-. The summed E-state index contributed by atoms with van der Waals surface area (Å²) in [4.78, 5) is -0.0177. The van der Waals surface area contributed by atoms with E-state index in [0.29, 0.717) is 17.0 Å². The van der Waals surface area contributed by atoms with Crippen LogP contribution in [0, 0.1) is 0 Å². The molecule has 0 amide bonds. The van der Waals surface area contributed by atoms with E-state index in [4.69, 9.17) is 0 Å². The van der Waals surface area contributed by atoms with Crippen molar-refractivity contribution in [1.82, 2.24) is 0 Å². The van der Waals surface area contributed by atoms with Gasteiger partial charge in [0, 0.05) is 0 Å². The lowest BCUT2D eigenvalue weighted by Crippen LogP contribution is -2.11. The van der Waals surface area contributed by atoms with Gasteiger partial charge in [-0.05, 0) is 51.3 Å². The third-order valence-corrected chi connectivity index (χ3v) is 5.26. The summed E-state index contributed by atoms with van der Waals surface area (Å²) in [6, 6.07) is 7.85. The molecule has 4 heteroatoms. The molecule has 0 fully saturated rings. The van der Waals surface area contributed by atoms with Gasteiger partial charge in [0.05, 0.1) is 4.90 Å². The second kappa shape index (κ2) is 6.25. The van der Waals surface area contributed by atoms with Crippen molar-refractivity contribution < 1.29 is 13.0 Å². The Kier molecular flexibility index (Phi) is 4.88. The zero-order chi connectivity index (χ0) is 17.5. The number of benzene rings is 2. The summed E-state index contributed by atoms with van der Waals surface area (Å²) in [7, 11) is -4.53. The van der Waals surface area contributed by atoms with Crippen molar-refractivity contribution in [3.8, 4) is 0 Å². The van der Waals surface area contributed by atoms with Gasteiger partial charge < -0.3 is 4.55 Å². The molecule has 0 saturated carbocycles. The third-order valence-electron chi connectivity index (χ3n) is 4.31. The first kappa shape index (κ1) is 18.0. The maximum atomic E-state index is 12.0. The molecule has 3 nitrogen and oxygen atoms in total. The highest BCUT2D eigenvalue weighted by Gasteiger charge is 2.23. The smallest absolute Gasteiger partial charge is 0.125 e. The lowest BCUT2D eigenvalue weighted by atomic mass is 9.86. The summed E-state index contributed by atoms with van der Waals surface area (Å²) >= 11 is 0. The summed E-state index contributed by atoms with van der Waals surface area (Å²) in [5.74, 6) is 0.251. The lowest BCUT2D eigenvalue weighted by Gasteiger charge is -2.25. The molecular weight excluding hydrogens is 308 g/mol. The molecule has 2 aromatic rings. The van der Waals surface area contributed by atoms with Gasteiger partial charge in [-0.25, -0.2) is 8.42 Å². The SMILES string of the molecule is CC(C)c1cc2c(C(C)C)cccc2c(C(C)C)c1S(=O)(=O)[O-]. The van der Waals surface area contributed by atoms with Gasteiger partial charge in [0.1, 0.15) is 10.1 Å². The average Bonchev–Trinajstić information content (AvgIpc) is 2.42. The second-order valence-corrected chi connectivity index (χ2v) is 8.39. The molecule has 0 aliphatic carbocycles. The normalized spacial score (nSPS) is 12.8. The molecule has 0 aliphatic rings. The van der Waals surface area contributed by atoms with Gasteiger partial charge in [-0.1, -0.05) is 59.7 Å². The number of hydrogen-bond acceptors (Lipinski definition) is 3. The molecule has 2 aromatic carbocycles. The highest BCUT2D eigenvalue weighted by Crippen LogP contribution is 2.39. The summed E-state index contributed by atoms with van der Waals surface area (Å²) in [5, 5.41) is 1.94. The zero-order valence-electron chi connectivity index (χ0n) is 14.7. The van der Waals surface area contributed by atoms with Crippen molar-refractivity contribution >= 4 is 20.9 Å². The fourth-order valence-corrected chi connectivity index (χ4v) is 4.46. The van der Waals surface area contributed by atoms with Crippen molar-refractivity contribution in [2.75, 3.05) is 0 Å². The number of rotatable bonds is 4. The Labute approximate surface area is 139 Å². The van der Waals surface area contributed by atoms with E-state index < -0.39 is 10.1 Å². The summed E-state index contributed by atoms with van der Waals surface area (Å²) < 4.78 is 36.0. The minimum Gasteiger partial charge on any atom is -0.744 e. The van der Waals surface area contributed by atoms with Crippen LogP contribution in [0.1, 0.15) is 76.0 Å². The molecule has 0 atom stereocenters. The van der Waals surface area contributed by atoms with Gasteiger partial charge in [0.2, 0.25) is 0 Å². The summed E-state index contributed by atoms with van der Waals surface area (Å²) in [5.41, 5.74) is 2.47. The maximum absolute atomic E-state index is 12.0. The van der Waals surface area contributed by atoms with E-state index in [1.807, 2.05) is 45.9 Å². The molecule has 0 N–H and O–H groups in total. The Balaban J connectivity index is 3.11. The standard InChI is InChI=1S/C19H26O3S/c1-11(2)14-8-7-9-15-17(14)10-16(12(3)4)19(23(20,21)22)18(15)13(5)6/h7-13H,1-6H3,(H,20,21,22)/p-1. The van der Waals surface area contributed by atoms with Crippen LogP contribution in [0.3, 0.4) is 0 Å². The first-order valence-electron chi connectivity index (χ1n) is 8.11. The van der Waals surface area contributed by atoms with E-state index in [1.54, 1.807) is 0 Å². The molecule has 0 aromatic heterocycles. The minimum absolute atomic E-state index is 0.0177. The third kappa shape index (κ3) is 3.29. The zero-order valence-corrected chi connectivity index (χ0v) is 15.5. The number of fused-ring (bicyclic) bond motifs is 1. The fourth-order valence-electron chi connectivity index (χ4n) is 3.26. The predicted octanol–water partition coefficient (Wildman–Crippen LogP) is 5.11. The molecule has 0 aliphatic heterocycles. The Morgan fingerprint density at radius 1 is 0.826 bits per heavy atom. The van der Waals surface area contributed by atoms with Crippen LogP contribution in [0.2, 0.25) is 0 Å². The van der Waals surface area contributed by atoms with Crippen LogP contribution in [0.25, 0.3) is 10.8 Å². The minimum atomic E-state index is -4.53. The van der Waals surface area contributed by atoms with E-state index >= 15 is 0 Å². The van der Waals surface area contributed by atoms with Gasteiger partial charge in [-0.3, -0.25) is 0 Å². The first-order chi connectivity index (χ1) is 10.6. The van der Waals surface area contributed by atoms with E-state index in [0.717, 1.165) is 10.8 Å². The highest BCUT2D eigenvalue weighted by atomic mass is 32.2. The van der Waals surface area contributed by atoms with Gasteiger partial charge in [0.15, 0.2) is 0 Å². The quantitative estimate of drug-likeness (QED) is 0.730. The molecule has 0 unspecified atom stereocenters. The monoisotopic (exact) mass is 333 g/mol. The van der Waals surface area contributed by atoms with Crippen LogP contribution >= 0.6 is 0 Å². The summed E-state index contributed by atoms with van der Waals surface area (Å²) in [6.07, 6.45) is 0. The van der Waals surface area contributed by atoms with Crippen LogP contribution in [0.4, 0.5) is 0 Å². The first-order valence-corrected chi connectivity index (χ1v) is 9.51. The van der Waals surface area contributed by atoms with Gasteiger partial charge in [-0.15, -0.1) is 0 Å². The van der Waals surface area contributed by atoms with E-state index in [-0.39, 0.29) is 16.7 Å². The Bertz CT molecular complexity index is 831. The fraction of sp³-hybridized carbons (Fsp3) is 0.474. The molecule has 126 valence electrons. The molecule has 2 rings (SSSR count). The van der Waals surface area contributed by atoms with Crippen molar-refractivity contribution in [2.45, 2.75) is 64.2 Å². The van der Waals surface area contributed by atoms with Crippen molar-refractivity contribution in [1.29, 1.82) is 0 Å². The Morgan fingerprint density at radius 2 is 1.39 bits per heavy atom. The number of hydrogen-bond donors (Lipinski definition) is 0. The topological polar surface area (TPSA) is 57.2 Å². The van der Waals surface area contributed by atoms with E-state index in [2.05, 4.69) is 19.9 Å². The van der Waals surface area contributed by atoms with Crippen LogP contribution in [-0.4, -0.2) is 13.0 Å². The van der Waals surface area contributed by atoms with Crippen molar-refractivity contribution in [3.63, 3.8) is 0 Å². The van der Waals surface area contributed by atoms with Gasteiger partial charge >= 0.3 is 0 Å². The van der Waals surface area contributed by atoms with Crippen LogP contribution in [0.15, 0.2) is 29.2 Å². The van der Waals surface area contributed by atoms with Gasteiger partial charge in [-0.2, -0.15) is 0 Å². The molecule has 0 radical (unpaired) electrons. The van der Waals surface area contributed by atoms with E-state index in [9.17, 15) is 13.0 Å². The predicted molar refractivity (Wildman–Crippen MR) is 94.2 cm³/mol. The Morgan fingerprint density at radius 3 is 1.83 bits per heavy atom. The van der Waals surface area contributed by atoms with Crippen molar-refractivity contribution in [3.05, 3.63) is 41.0 Å². The van der Waals surface area contributed by atoms with Crippen LogP contribution in [0.5, 0.6) is 0 Å². The second-order valence-electron chi connectivity index (χ2n) is 7.07. The van der Waals surface area contributed by atoms with Crippen LogP contribution < -0.4 is 0 Å².